The van der Waals surface area contributed by atoms with Crippen LogP contribution in [0.5, 0.6) is 0 Å². The molecule has 0 aliphatic heterocycles. The number of allylic oxidation sites excluding steroid dienone is 18. The Morgan fingerprint density at radius 2 is 0.532 bits per heavy atom. The molecule has 6 nitrogen and oxygen atoms in total. The Balaban J connectivity index is 4.35. The van der Waals surface area contributed by atoms with E-state index in [4.69, 9.17) is 14.2 Å². The van der Waals surface area contributed by atoms with Gasteiger partial charge in [0.05, 0.1) is 0 Å². The largest absolute Gasteiger partial charge is 0.462 e. The summed E-state index contributed by atoms with van der Waals surface area (Å²) in [4.78, 5) is 38.3. The number of unbranched alkanes of at least 4 members (excludes halogenated alkanes) is 29. The van der Waals surface area contributed by atoms with E-state index >= 15 is 0 Å². The molecule has 6 heteroatoms. The summed E-state index contributed by atoms with van der Waals surface area (Å²) in [5.41, 5.74) is 0. The van der Waals surface area contributed by atoms with Crippen molar-refractivity contribution in [2.75, 3.05) is 13.2 Å². The molecule has 0 saturated carbocycles. The molecule has 0 aliphatic carbocycles. The Hall–Kier alpha value is -3.93. The van der Waals surface area contributed by atoms with E-state index in [9.17, 15) is 14.4 Å². The number of hydrogen-bond acceptors (Lipinski definition) is 6. The first-order valence-corrected chi connectivity index (χ1v) is 32.4. The van der Waals surface area contributed by atoms with Crippen LogP contribution in [0.1, 0.15) is 303 Å². The number of carbonyl (C=O) groups is 3. The first-order chi connectivity index (χ1) is 38.0. The summed E-state index contributed by atoms with van der Waals surface area (Å²) in [6.45, 7) is 6.45. The molecule has 0 rings (SSSR count). The van der Waals surface area contributed by atoms with Gasteiger partial charge in [-0.25, -0.2) is 0 Å². The topological polar surface area (TPSA) is 78.9 Å². The van der Waals surface area contributed by atoms with E-state index in [1.54, 1.807) is 0 Å². The van der Waals surface area contributed by atoms with Gasteiger partial charge in [0.2, 0.25) is 0 Å². The second-order valence-electron chi connectivity index (χ2n) is 21.3. The Kier molecular flexibility index (Phi) is 61.3. The molecule has 0 saturated heterocycles. The highest BCUT2D eigenvalue weighted by molar-refractivity contribution is 5.71. The summed E-state index contributed by atoms with van der Waals surface area (Å²) < 4.78 is 16.9. The Morgan fingerprint density at radius 3 is 0.844 bits per heavy atom. The van der Waals surface area contributed by atoms with Crippen molar-refractivity contribution in [1.29, 1.82) is 0 Å². The lowest BCUT2D eigenvalue weighted by atomic mass is 10.1. The first kappa shape index (κ1) is 73.1. The lowest BCUT2D eigenvalue weighted by Gasteiger charge is -2.18. The SMILES string of the molecule is CC/C=C\C/C=C\C/C=C\C/C=C\CCCCCCCCCCC(=O)OC(COC(=O)CCCCCCC/C=C\C/C=C\CCC)COC(=O)CCCCCCCCCCCC/C=C\C/C=C\C/C=C\CCCCCCC. The highest BCUT2D eigenvalue weighted by Crippen LogP contribution is 2.16. The number of esters is 3. The second-order valence-corrected chi connectivity index (χ2v) is 21.3. The third-order valence-electron chi connectivity index (χ3n) is 13.7. The molecule has 0 aromatic rings. The third-order valence-corrected chi connectivity index (χ3v) is 13.7. The maximum Gasteiger partial charge on any atom is 0.306 e. The van der Waals surface area contributed by atoms with Gasteiger partial charge in [0, 0.05) is 19.3 Å². The monoisotopic (exact) mass is 1070 g/mol. The highest BCUT2D eigenvalue weighted by atomic mass is 16.6. The van der Waals surface area contributed by atoms with E-state index in [1.807, 2.05) is 0 Å². The number of carbonyl (C=O) groups excluding carboxylic acids is 3. The van der Waals surface area contributed by atoms with E-state index in [1.165, 1.54) is 128 Å². The second kappa shape index (κ2) is 64.6. The summed E-state index contributed by atoms with van der Waals surface area (Å²) in [5, 5.41) is 0. The fraction of sp³-hybridized carbons (Fsp3) is 0.704. The van der Waals surface area contributed by atoms with Gasteiger partial charge in [-0.2, -0.15) is 0 Å². The smallest absolute Gasteiger partial charge is 0.306 e. The van der Waals surface area contributed by atoms with Gasteiger partial charge in [0.25, 0.3) is 0 Å². The lowest BCUT2D eigenvalue weighted by Crippen LogP contribution is -2.30. The van der Waals surface area contributed by atoms with Crippen LogP contribution in [-0.4, -0.2) is 37.2 Å². The van der Waals surface area contributed by atoms with Crippen molar-refractivity contribution in [2.45, 2.75) is 309 Å². The van der Waals surface area contributed by atoms with Crippen LogP contribution in [0.2, 0.25) is 0 Å². The summed E-state index contributed by atoms with van der Waals surface area (Å²) in [5.74, 6) is -0.908. The minimum atomic E-state index is -0.793. The normalized spacial score (nSPS) is 12.8. The van der Waals surface area contributed by atoms with E-state index in [0.717, 1.165) is 135 Å². The summed E-state index contributed by atoms with van der Waals surface area (Å²) in [7, 11) is 0. The first-order valence-electron chi connectivity index (χ1n) is 32.4. The average molecular weight is 1070 g/mol. The van der Waals surface area contributed by atoms with E-state index in [2.05, 4.69) is 130 Å². The molecular formula is C71H120O6. The summed E-state index contributed by atoms with van der Waals surface area (Å²) in [6, 6.07) is 0. The van der Waals surface area contributed by atoms with Gasteiger partial charge >= 0.3 is 17.9 Å². The fourth-order valence-electron chi connectivity index (χ4n) is 8.89. The van der Waals surface area contributed by atoms with Crippen molar-refractivity contribution in [3.8, 4) is 0 Å². The van der Waals surface area contributed by atoms with Crippen molar-refractivity contribution in [2.24, 2.45) is 0 Å². The van der Waals surface area contributed by atoms with E-state index in [0.29, 0.717) is 19.3 Å². The van der Waals surface area contributed by atoms with Gasteiger partial charge < -0.3 is 14.2 Å². The maximum absolute atomic E-state index is 12.9. The van der Waals surface area contributed by atoms with E-state index < -0.39 is 6.10 Å². The number of ether oxygens (including phenoxy) is 3. The lowest BCUT2D eigenvalue weighted by molar-refractivity contribution is -0.167. The zero-order chi connectivity index (χ0) is 55.7. The standard InChI is InChI=1S/C71H120O6/c1-4-7-10-13-16-19-22-25-27-29-31-33-34-35-36-38-39-41-43-46-49-52-55-58-61-64-70(73)76-67-68(66-75-69(72)63-60-57-54-51-48-45-24-21-18-15-12-9-6-3)77-71(74)65-62-59-56-53-50-47-44-42-40-37-32-30-28-26-23-20-17-14-11-8-5-2/h8,11-12,15,17,20-22,24-26,28-29,31-32,34-35,37,68H,4-7,9-10,13-14,16,18-19,23,27,30,33,36,38-67H2,1-3H3/b11-8-,15-12-,20-17-,24-21-,25-22-,28-26-,31-29-,35-34-,37-32-. The van der Waals surface area contributed by atoms with Crippen molar-refractivity contribution >= 4 is 17.9 Å². The van der Waals surface area contributed by atoms with Gasteiger partial charge in [-0.1, -0.05) is 271 Å². The molecule has 440 valence electrons. The molecular weight excluding hydrogens is 949 g/mol. The summed E-state index contributed by atoms with van der Waals surface area (Å²) >= 11 is 0. The molecule has 0 aromatic heterocycles. The van der Waals surface area contributed by atoms with Crippen LogP contribution >= 0.6 is 0 Å². The molecule has 0 fully saturated rings. The molecule has 1 atom stereocenters. The molecule has 77 heavy (non-hydrogen) atoms. The van der Waals surface area contributed by atoms with Gasteiger partial charge in [0.1, 0.15) is 13.2 Å². The minimum Gasteiger partial charge on any atom is -0.462 e. The molecule has 0 spiro atoms. The van der Waals surface area contributed by atoms with Crippen molar-refractivity contribution in [1.82, 2.24) is 0 Å². The van der Waals surface area contributed by atoms with Crippen molar-refractivity contribution in [3.05, 3.63) is 109 Å². The molecule has 1 unspecified atom stereocenters. The predicted molar refractivity (Wildman–Crippen MR) is 334 cm³/mol. The zero-order valence-electron chi connectivity index (χ0n) is 50.4. The Morgan fingerprint density at radius 1 is 0.273 bits per heavy atom. The van der Waals surface area contributed by atoms with Crippen LogP contribution < -0.4 is 0 Å². The molecule has 0 bridgehead atoms. The zero-order valence-corrected chi connectivity index (χ0v) is 50.4. The quantitative estimate of drug-likeness (QED) is 0.0261. The van der Waals surface area contributed by atoms with Crippen LogP contribution in [0.25, 0.3) is 0 Å². The molecule has 0 amide bonds. The van der Waals surface area contributed by atoms with Crippen molar-refractivity contribution in [3.63, 3.8) is 0 Å². The number of rotatable bonds is 58. The third kappa shape index (κ3) is 62.8. The molecule has 0 N–H and O–H groups in total. The predicted octanol–water partition coefficient (Wildman–Crippen LogP) is 22.2. The van der Waals surface area contributed by atoms with Crippen LogP contribution in [0, 0.1) is 0 Å². The molecule has 0 heterocycles. The Labute approximate surface area is 476 Å². The van der Waals surface area contributed by atoms with E-state index in [-0.39, 0.29) is 31.1 Å². The molecule has 0 radical (unpaired) electrons. The van der Waals surface area contributed by atoms with Crippen LogP contribution in [0.4, 0.5) is 0 Å². The van der Waals surface area contributed by atoms with Crippen LogP contribution in [0.15, 0.2) is 109 Å². The van der Waals surface area contributed by atoms with Crippen LogP contribution in [0.3, 0.4) is 0 Å². The van der Waals surface area contributed by atoms with Gasteiger partial charge in [-0.05, 0) is 122 Å². The van der Waals surface area contributed by atoms with Crippen LogP contribution in [-0.2, 0) is 28.6 Å². The fourth-order valence-corrected chi connectivity index (χ4v) is 8.89. The van der Waals surface area contributed by atoms with Gasteiger partial charge in [-0.3, -0.25) is 14.4 Å². The van der Waals surface area contributed by atoms with Gasteiger partial charge in [0.15, 0.2) is 6.10 Å². The summed E-state index contributed by atoms with van der Waals surface area (Å²) in [6.07, 6.45) is 88.1. The molecule has 0 aromatic carbocycles. The van der Waals surface area contributed by atoms with Gasteiger partial charge in [-0.15, -0.1) is 0 Å². The maximum atomic E-state index is 12.9. The Bertz CT molecular complexity index is 1560. The van der Waals surface area contributed by atoms with Crippen molar-refractivity contribution < 1.29 is 28.6 Å². The minimum absolute atomic E-state index is 0.0886. The highest BCUT2D eigenvalue weighted by Gasteiger charge is 2.19. The molecule has 0 aliphatic rings. The average Bonchev–Trinajstić information content (AvgIpc) is 3.43. The number of hydrogen-bond donors (Lipinski definition) is 0.